The number of aromatic nitrogens is 1. The zero-order valence-corrected chi connectivity index (χ0v) is 7.13. The molecule has 1 aromatic rings. The fourth-order valence-corrected chi connectivity index (χ4v) is 0.719. The average Bonchev–Trinajstić information content (AvgIpc) is 2.01. The summed E-state index contributed by atoms with van der Waals surface area (Å²) < 4.78 is 29.4. The molecule has 2 N–H and O–H groups in total. The first-order valence-corrected chi connectivity index (χ1v) is 3.70. The van der Waals surface area contributed by atoms with Gasteiger partial charge in [-0.2, -0.15) is 0 Å². The number of hydrogen-bond donors (Lipinski definition) is 1. The molecule has 5 heteroatoms. The second-order valence-electron chi connectivity index (χ2n) is 2.76. The van der Waals surface area contributed by atoms with Gasteiger partial charge in [-0.3, -0.25) is 0 Å². The van der Waals surface area contributed by atoms with Gasteiger partial charge in [0.05, 0.1) is 5.69 Å². The monoisotopic (exact) mass is 188 g/mol. The van der Waals surface area contributed by atoms with E-state index in [9.17, 15) is 8.78 Å². The smallest absolute Gasteiger partial charge is 0.278 e. The summed E-state index contributed by atoms with van der Waals surface area (Å²) in [6.07, 6.45) is 1.43. The molecule has 0 aromatic carbocycles. The zero-order valence-electron chi connectivity index (χ0n) is 7.13. The van der Waals surface area contributed by atoms with Gasteiger partial charge in [0.25, 0.3) is 5.92 Å². The molecule has 1 aromatic heterocycles. The van der Waals surface area contributed by atoms with Crippen LogP contribution in [-0.4, -0.2) is 17.5 Å². The Morgan fingerprint density at radius 3 is 2.85 bits per heavy atom. The maximum absolute atomic E-state index is 12.3. The number of alkyl halides is 2. The van der Waals surface area contributed by atoms with Crippen molar-refractivity contribution in [2.24, 2.45) is 0 Å². The van der Waals surface area contributed by atoms with E-state index in [1.807, 2.05) is 0 Å². The summed E-state index contributed by atoms with van der Waals surface area (Å²) in [7, 11) is 0. The van der Waals surface area contributed by atoms with Gasteiger partial charge < -0.3 is 10.5 Å². The Hall–Kier alpha value is -1.39. The lowest BCUT2D eigenvalue weighted by Crippen LogP contribution is -2.21. The first-order valence-electron chi connectivity index (χ1n) is 3.70. The molecule has 0 atom stereocenters. The van der Waals surface area contributed by atoms with Crippen LogP contribution in [0.25, 0.3) is 0 Å². The Morgan fingerprint density at radius 2 is 2.31 bits per heavy atom. The SMILES string of the molecule is CC(F)(F)COc1ncccc1N. The molecule has 0 aliphatic rings. The number of hydrogen-bond acceptors (Lipinski definition) is 3. The minimum atomic E-state index is -2.87. The van der Waals surface area contributed by atoms with Crippen LogP contribution >= 0.6 is 0 Å². The number of pyridine rings is 1. The summed E-state index contributed by atoms with van der Waals surface area (Å²) in [5.74, 6) is -2.83. The van der Waals surface area contributed by atoms with Gasteiger partial charge in [0.15, 0.2) is 6.61 Å². The first kappa shape index (κ1) is 9.70. The van der Waals surface area contributed by atoms with Crippen LogP contribution in [0.3, 0.4) is 0 Å². The molecule has 0 radical (unpaired) electrons. The van der Waals surface area contributed by atoms with E-state index in [1.54, 1.807) is 6.07 Å². The summed E-state index contributed by atoms with van der Waals surface area (Å²) in [5, 5.41) is 0. The normalized spacial score (nSPS) is 11.3. The van der Waals surface area contributed by atoms with E-state index in [0.717, 1.165) is 6.92 Å². The quantitative estimate of drug-likeness (QED) is 0.785. The van der Waals surface area contributed by atoms with E-state index >= 15 is 0 Å². The minimum absolute atomic E-state index is 0.0454. The van der Waals surface area contributed by atoms with Crippen molar-refractivity contribution in [2.75, 3.05) is 12.3 Å². The van der Waals surface area contributed by atoms with Gasteiger partial charge in [-0.15, -0.1) is 0 Å². The minimum Gasteiger partial charge on any atom is -0.470 e. The van der Waals surface area contributed by atoms with Gasteiger partial charge in [-0.05, 0) is 12.1 Å². The molecule has 0 spiro atoms. The number of anilines is 1. The fraction of sp³-hybridized carbons (Fsp3) is 0.375. The van der Waals surface area contributed by atoms with E-state index in [1.165, 1.54) is 12.3 Å². The molecule has 1 rings (SSSR count). The summed E-state index contributed by atoms with van der Waals surface area (Å²) in [6, 6.07) is 3.14. The van der Waals surface area contributed by atoms with Gasteiger partial charge in [-0.25, -0.2) is 13.8 Å². The number of nitrogen functional groups attached to an aromatic ring is 1. The van der Waals surface area contributed by atoms with Crippen molar-refractivity contribution in [1.82, 2.24) is 4.98 Å². The van der Waals surface area contributed by atoms with Gasteiger partial charge in [0.1, 0.15) is 0 Å². The first-order chi connectivity index (χ1) is 5.99. The summed E-state index contributed by atoms with van der Waals surface area (Å²) >= 11 is 0. The lowest BCUT2D eigenvalue weighted by molar-refractivity contribution is -0.0239. The van der Waals surface area contributed by atoms with Crippen molar-refractivity contribution in [3.05, 3.63) is 18.3 Å². The van der Waals surface area contributed by atoms with Gasteiger partial charge in [0.2, 0.25) is 5.88 Å². The van der Waals surface area contributed by atoms with E-state index in [2.05, 4.69) is 4.98 Å². The molecule has 0 bridgehead atoms. The van der Waals surface area contributed by atoms with Crippen LogP contribution in [0.15, 0.2) is 18.3 Å². The van der Waals surface area contributed by atoms with Crippen LogP contribution in [0.5, 0.6) is 5.88 Å². The number of rotatable bonds is 3. The Labute approximate surface area is 74.5 Å². The van der Waals surface area contributed by atoms with Crippen molar-refractivity contribution < 1.29 is 13.5 Å². The summed E-state index contributed by atoms with van der Waals surface area (Å²) in [6.45, 7) is 0.0559. The zero-order chi connectivity index (χ0) is 9.90. The van der Waals surface area contributed by atoms with E-state index in [0.29, 0.717) is 0 Å². The van der Waals surface area contributed by atoms with Crippen LogP contribution in [0.2, 0.25) is 0 Å². The predicted molar refractivity (Wildman–Crippen MR) is 44.8 cm³/mol. The number of nitrogens with two attached hydrogens (primary N) is 1. The van der Waals surface area contributed by atoms with Gasteiger partial charge in [-0.1, -0.05) is 0 Å². The molecule has 0 aliphatic heterocycles. The lowest BCUT2D eigenvalue weighted by Gasteiger charge is -2.11. The predicted octanol–water partition coefficient (Wildman–Crippen LogP) is 1.70. The third kappa shape index (κ3) is 3.23. The second-order valence-corrected chi connectivity index (χ2v) is 2.76. The largest absolute Gasteiger partial charge is 0.470 e. The average molecular weight is 188 g/mol. The molecule has 3 nitrogen and oxygen atoms in total. The second kappa shape index (κ2) is 3.55. The highest BCUT2D eigenvalue weighted by molar-refractivity contribution is 5.46. The fourth-order valence-electron chi connectivity index (χ4n) is 0.719. The molecule has 0 fully saturated rings. The summed E-state index contributed by atoms with van der Waals surface area (Å²) in [4.78, 5) is 3.70. The van der Waals surface area contributed by atoms with Crippen LogP contribution in [0.1, 0.15) is 6.92 Å². The van der Waals surface area contributed by atoms with Crippen LogP contribution < -0.4 is 10.5 Å². The summed E-state index contributed by atoms with van der Waals surface area (Å²) in [5.41, 5.74) is 5.67. The van der Waals surface area contributed by atoms with E-state index in [-0.39, 0.29) is 11.6 Å². The Bertz CT molecular complexity index is 286. The Balaban J connectivity index is 2.60. The maximum Gasteiger partial charge on any atom is 0.278 e. The Kier molecular flexibility index (Phi) is 2.65. The van der Waals surface area contributed by atoms with Crippen molar-refractivity contribution in [2.45, 2.75) is 12.8 Å². The highest BCUT2D eigenvalue weighted by Gasteiger charge is 2.22. The maximum atomic E-state index is 12.3. The van der Waals surface area contributed by atoms with Crippen molar-refractivity contribution >= 4 is 5.69 Å². The van der Waals surface area contributed by atoms with Gasteiger partial charge >= 0.3 is 0 Å². The number of halogens is 2. The molecule has 0 amide bonds. The van der Waals surface area contributed by atoms with Crippen LogP contribution in [0, 0.1) is 0 Å². The molecule has 0 saturated carbocycles. The highest BCUT2D eigenvalue weighted by atomic mass is 19.3. The third-order valence-electron chi connectivity index (χ3n) is 1.26. The molecule has 72 valence electrons. The molecular weight excluding hydrogens is 178 g/mol. The number of nitrogens with zero attached hydrogens (tertiary/aromatic N) is 1. The van der Waals surface area contributed by atoms with Crippen molar-refractivity contribution in [3.8, 4) is 5.88 Å². The van der Waals surface area contributed by atoms with E-state index in [4.69, 9.17) is 10.5 Å². The van der Waals surface area contributed by atoms with Crippen LogP contribution in [-0.2, 0) is 0 Å². The highest BCUT2D eigenvalue weighted by Crippen LogP contribution is 2.19. The van der Waals surface area contributed by atoms with Crippen molar-refractivity contribution in [3.63, 3.8) is 0 Å². The Morgan fingerprint density at radius 1 is 1.62 bits per heavy atom. The third-order valence-corrected chi connectivity index (χ3v) is 1.26. The van der Waals surface area contributed by atoms with Crippen molar-refractivity contribution in [1.29, 1.82) is 0 Å². The molecule has 0 saturated heterocycles. The number of ether oxygens (including phenoxy) is 1. The van der Waals surface area contributed by atoms with E-state index < -0.39 is 12.5 Å². The molecule has 1 heterocycles. The standard InChI is InChI=1S/C8H10F2N2O/c1-8(9,10)5-13-7-6(11)3-2-4-12-7/h2-4H,5,11H2,1H3. The van der Waals surface area contributed by atoms with Gasteiger partial charge in [0, 0.05) is 13.1 Å². The molecule has 0 aliphatic carbocycles. The topological polar surface area (TPSA) is 48.1 Å². The van der Waals surface area contributed by atoms with Crippen LogP contribution in [0.4, 0.5) is 14.5 Å². The molecule has 13 heavy (non-hydrogen) atoms. The molecule has 0 unspecified atom stereocenters. The molecular formula is C8H10F2N2O. The lowest BCUT2D eigenvalue weighted by atomic mass is 10.4.